The minimum absolute atomic E-state index is 0.0869. The number of nitrogens with one attached hydrogen (secondary N) is 1. The molecule has 1 fully saturated rings. The fourth-order valence-corrected chi connectivity index (χ4v) is 2.33. The van der Waals surface area contributed by atoms with Gasteiger partial charge in [0, 0.05) is 19.5 Å². The Morgan fingerprint density at radius 2 is 2.24 bits per heavy atom. The largest absolute Gasteiger partial charge is 0.459 e. The first kappa shape index (κ1) is 15.6. The summed E-state index contributed by atoms with van der Waals surface area (Å²) in [6, 6.07) is 3.39. The number of amides is 2. The third-order valence-electron chi connectivity index (χ3n) is 3.53. The van der Waals surface area contributed by atoms with E-state index in [1.807, 2.05) is 18.7 Å². The van der Waals surface area contributed by atoms with Crippen molar-refractivity contribution >= 4 is 11.8 Å². The van der Waals surface area contributed by atoms with Crippen molar-refractivity contribution in [2.24, 2.45) is 0 Å². The highest BCUT2D eigenvalue weighted by molar-refractivity contribution is 5.91. The molecule has 0 spiro atoms. The lowest BCUT2D eigenvalue weighted by atomic mass is 10.1. The summed E-state index contributed by atoms with van der Waals surface area (Å²) in [5.74, 6) is 0.155. The van der Waals surface area contributed by atoms with E-state index in [4.69, 9.17) is 9.15 Å². The van der Waals surface area contributed by atoms with E-state index in [9.17, 15) is 9.59 Å². The van der Waals surface area contributed by atoms with Crippen LogP contribution < -0.4 is 5.32 Å². The van der Waals surface area contributed by atoms with E-state index in [2.05, 4.69) is 5.32 Å². The third kappa shape index (κ3) is 4.32. The molecular formula is C15H22N2O4. The molecule has 1 aromatic rings. The standard InChI is InChI=1S/C15H22N2O4/c1-11-10-21-12(2)9-17(11)14(18)6-3-7-16-15(19)13-5-4-8-20-13/h4-5,8,11-12H,3,6-7,9-10H2,1-2H3,(H,16,19). The third-order valence-corrected chi connectivity index (χ3v) is 3.53. The zero-order valence-electron chi connectivity index (χ0n) is 12.5. The van der Waals surface area contributed by atoms with Crippen molar-refractivity contribution in [2.45, 2.75) is 38.8 Å². The molecule has 21 heavy (non-hydrogen) atoms. The average Bonchev–Trinajstić information content (AvgIpc) is 3.00. The number of furan rings is 1. The average molecular weight is 294 g/mol. The summed E-state index contributed by atoms with van der Waals surface area (Å²) in [4.78, 5) is 25.7. The van der Waals surface area contributed by atoms with Crippen molar-refractivity contribution in [3.8, 4) is 0 Å². The minimum atomic E-state index is -0.249. The summed E-state index contributed by atoms with van der Waals surface area (Å²) in [5, 5.41) is 2.74. The molecule has 0 bridgehead atoms. The molecule has 2 heterocycles. The second-order valence-electron chi connectivity index (χ2n) is 5.38. The van der Waals surface area contributed by atoms with Gasteiger partial charge < -0.3 is 19.4 Å². The fourth-order valence-electron chi connectivity index (χ4n) is 2.33. The van der Waals surface area contributed by atoms with Crippen LogP contribution in [0.3, 0.4) is 0 Å². The maximum atomic E-state index is 12.2. The van der Waals surface area contributed by atoms with Crippen LogP contribution in [0.5, 0.6) is 0 Å². The molecule has 2 rings (SSSR count). The number of rotatable bonds is 5. The van der Waals surface area contributed by atoms with E-state index >= 15 is 0 Å². The summed E-state index contributed by atoms with van der Waals surface area (Å²) < 4.78 is 10.5. The number of carbonyl (C=O) groups excluding carboxylic acids is 2. The van der Waals surface area contributed by atoms with Crippen LogP contribution in [0.25, 0.3) is 0 Å². The molecule has 6 nitrogen and oxygen atoms in total. The lowest BCUT2D eigenvalue weighted by Crippen LogP contribution is -2.50. The smallest absolute Gasteiger partial charge is 0.286 e. The van der Waals surface area contributed by atoms with Crippen LogP contribution >= 0.6 is 0 Å². The zero-order valence-corrected chi connectivity index (χ0v) is 12.5. The predicted octanol–water partition coefficient (Wildman–Crippen LogP) is 1.43. The molecule has 116 valence electrons. The summed E-state index contributed by atoms with van der Waals surface area (Å²) in [5.41, 5.74) is 0. The molecule has 0 aromatic carbocycles. The van der Waals surface area contributed by atoms with Gasteiger partial charge in [0.1, 0.15) is 0 Å². The summed E-state index contributed by atoms with van der Waals surface area (Å²) in [6.07, 6.45) is 2.59. The van der Waals surface area contributed by atoms with Crippen LogP contribution in [0.4, 0.5) is 0 Å². The van der Waals surface area contributed by atoms with E-state index in [1.165, 1.54) is 6.26 Å². The van der Waals surface area contributed by atoms with Crippen LogP contribution in [-0.4, -0.2) is 48.6 Å². The number of hydrogen-bond acceptors (Lipinski definition) is 4. The van der Waals surface area contributed by atoms with Crippen molar-refractivity contribution in [1.29, 1.82) is 0 Å². The monoisotopic (exact) mass is 294 g/mol. The molecule has 0 saturated carbocycles. The van der Waals surface area contributed by atoms with E-state index in [0.717, 1.165) is 0 Å². The van der Waals surface area contributed by atoms with Gasteiger partial charge in [-0.25, -0.2) is 0 Å². The first-order valence-electron chi connectivity index (χ1n) is 7.30. The van der Waals surface area contributed by atoms with Crippen molar-refractivity contribution in [3.63, 3.8) is 0 Å². The molecule has 2 unspecified atom stereocenters. The molecule has 1 aromatic heterocycles. The van der Waals surface area contributed by atoms with Crippen LogP contribution in [-0.2, 0) is 9.53 Å². The lowest BCUT2D eigenvalue weighted by molar-refractivity contribution is -0.143. The predicted molar refractivity (Wildman–Crippen MR) is 76.9 cm³/mol. The van der Waals surface area contributed by atoms with E-state index in [0.29, 0.717) is 32.5 Å². The molecule has 0 radical (unpaired) electrons. The van der Waals surface area contributed by atoms with Crippen molar-refractivity contribution in [3.05, 3.63) is 24.2 Å². The van der Waals surface area contributed by atoms with Gasteiger partial charge in [0.2, 0.25) is 5.91 Å². The van der Waals surface area contributed by atoms with Gasteiger partial charge in [-0.15, -0.1) is 0 Å². The molecule has 2 amide bonds. The highest BCUT2D eigenvalue weighted by Crippen LogP contribution is 2.13. The molecule has 2 atom stereocenters. The van der Waals surface area contributed by atoms with E-state index in [-0.39, 0.29) is 29.7 Å². The Kier molecular flexibility index (Phi) is 5.38. The van der Waals surface area contributed by atoms with Crippen LogP contribution in [0, 0.1) is 0 Å². The van der Waals surface area contributed by atoms with E-state index in [1.54, 1.807) is 12.1 Å². The van der Waals surface area contributed by atoms with Crippen molar-refractivity contribution < 1.29 is 18.7 Å². The number of ether oxygens (including phenoxy) is 1. The first-order chi connectivity index (χ1) is 10.1. The van der Waals surface area contributed by atoms with E-state index < -0.39 is 0 Å². The zero-order chi connectivity index (χ0) is 15.2. The SMILES string of the molecule is CC1CN(C(=O)CCCNC(=O)c2ccco2)C(C)CO1. The molecule has 1 N–H and O–H groups in total. The Morgan fingerprint density at radius 3 is 2.95 bits per heavy atom. The second-order valence-corrected chi connectivity index (χ2v) is 5.38. The maximum Gasteiger partial charge on any atom is 0.286 e. The number of morpholine rings is 1. The van der Waals surface area contributed by atoms with Gasteiger partial charge in [0.15, 0.2) is 5.76 Å². The summed E-state index contributed by atoms with van der Waals surface area (Å²) in [7, 11) is 0. The molecule has 0 aliphatic carbocycles. The van der Waals surface area contributed by atoms with Crippen molar-refractivity contribution in [2.75, 3.05) is 19.7 Å². The molecular weight excluding hydrogens is 272 g/mol. The minimum Gasteiger partial charge on any atom is -0.459 e. The van der Waals surface area contributed by atoms with Crippen LogP contribution in [0.1, 0.15) is 37.2 Å². The summed E-state index contributed by atoms with van der Waals surface area (Å²) in [6.45, 7) is 5.64. The van der Waals surface area contributed by atoms with Gasteiger partial charge in [0.05, 0.1) is 25.0 Å². The van der Waals surface area contributed by atoms with Crippen LogP contribution in [0.2, 0.25) is 0 Å². The maximum absolute atomic E-state index is 12.2. The normalized spacial score (nSPS) is 22.1. The highest BCUT2D eigenvalue weighted by atomic mass is 16.5. The Balaban J connectivity index is 1.68. The van der Waals surface area contributed by atoms with Gasteiger partial charge in [-0.2, -0.15) is 0 Å². The Labute approximate surface area is 124 Å². The Hall–Kier alpha value is -1.82. The molecule has 1 aliphatic heterocycles. The number of hydrogen-bond donors (Lipinski definition) is 1. The lowest BCUT2D eigenvalue weighted by Gasteiger charge is -2.36. The Bertz CT molecular complexity index is 472. The summed E-state index contributed by atoms with van der Waals surface area (Å²) >= 11 is 0. The van der Waals surface area contributed by atoms with Gasteiger partial charge in [-0.3, -0.25) is 9.59 Å². The molecule has 1 aliphatic rings. The van der Waals surface area contributed by atoms with Gasteiger partial charge in [-0.05, 0) is 32.4 Å². The van der Waals surface area contributed by atoms with Gasteiger partial charge in [-0.1, -0.05) is 0 Å². The molecule has 1 saturated heterocycles. The quantitative estimate of drug-likeness (QED) is 0.834. The van der Waals surface area contributed by atoms with Crippen molar-refractivity contribution in [1.82, 2.24) is 10.2 Å². The second kappa shape index (κ2) is 7.26. The van der Waals surface area contributed by atoms with Crippen LogP contribution in [0.15, 0.2) is 22.8 Å². The number of nitrogens with zero attached hydrogens (tertiary/aromatic N) is 1. The Morgan fingerprint density at radius 1 is 1.43 bits per heavy atom. The fraction of sp³-hybridized carbons (Fsp3) is 0.600. The number of carbonyl (C=O) groups is 2. The van der Waals surface area contributed by atoms with Gasteiger partial charge in [0.25, 0.3) is 5.91 Å². The topological polar surface area (TPSA) is 71.8 Å². The van der Waals surface area contributed by atoms with Gasteiger partial charge >= 0.3 is 0 Å². The first-order valence-corrected chi connectivity index (χ1v) is 7.30. The highest BCUT2D eigenvalue weighted by Gasteiger charge is 2.26. The molecule has 6 heteroatoms.